The van der Waals surface area contributed by atoms with Crippen LogP contribution in [0.15, 0.2) is 72.8 Å². The molecule has 0 radical (unpaired) electrons. The molecule has 37 heavy (non-hydrogen) atoms. The van der Waals surface area contributed by atoms with Gasteiger partial charge in [0.2, 0.25) is 5.54 Å². The summed E-state index contributed by atoms with van der Waals surface area (Å²) >= 11 is 6.16. The first-order valence-corrected chi connectivity index (χ1v) is 12.3. The van der Waals surface area contributed by atoms with Crippen LogP contribution < -0.4 is 10.2 Å². The fraction of sp³-hybridized carbons (Fsp3) is 0.207. The fourth-order valence-electron chi connectivity index (χ4n) is 4.73. The van der Waals surface area contributed by atoms with Gasteiger partial charge in [0, 0.05) is 22.6 Å². The summed E-state index contributed by atoms with van der Waals surface area (Å²) in [5, 5.41) is 3.87. The van der Waals surface area contributed by atoms with Crippen LogP contribution in [0.3, 0.4) is 0 Å². The third-order valence-electron chi connectivity index (χ3n) is 6.88. The number of hydrogen-bond donors (Lipinski definition) is 1. The zero-order valence-electron chi connectivity index (χ0n) is 20.6. The Balaban J connectivity index is 1.62. The van der Waals surface area contributed by atoms with Crippen molar-refractivity contribution >= 4 is 45.9 Å². The first-order chi connectivity index (χ1) is 17.6. The number of hydrogen-bond acceptors (Lipinski definition) is 3. The van der Waals surface area contributed by atoms with Gasteiger partial charge in [0.1, 0.15) is 11.5 Å². The summed E-state index contributed by atoms with van der Waals surface area (Å²) in [7, 11) is 0. The maximum atomic E-state index is 14.1. The predicted octanol–water partition coefficient (Wildman–Crippen LogP) is 5.93. The summed E-state index contributed by atoms with van der Waals surface area (Å²) in [4.78, 5) is 43.1. The van der Waals surface area contributed by atoms with Gasteiger partial charge in [-0.25, -0.2) is 4.39 Å². The highest BCUT2D eigenvalue weighted by molar-refractivity contribution is 6.32. The Kier molecular flexibility index (Phi) is 6.12. The number of rotatable bonds is 5. The van der Waals surface area contributed by atoms with Gasteiger partial charge in [-0.1, -0.05) is 49.7 Å². The number of anilines is 1. The summed E-state index contributed by atoms with van der Waals surface area (Å²) in [6, 6.07) is 19.6. The zero-order valence-corrected chi connectivity index (χ0v) is 21.3. The highest BCUT2D eigenvalue weighted by Gasteiger charge is 2.55. The number of nitrogens with one attached hydrogen (secondary N) is 1. The van der Waals surface area contributed by atoms with E-state index in [1.807, 2.05) is 12.1 Å². The lowest BCUT2D eigenvalue weighted by Crippen LogP contribution is -2.68. The van der Waals surface area contributed by atoms with Crippen molar-refractivity contribution in [2.24, 2.45) is 0 Å². The number of fused-ring (bicyclic) bond motifs is 3. The Morgan fingerprint density at radius 2 is 1.68 bits per heavy atom. The third-order valence-corrected chi connectivity index (χ3v) is 7.11. The maximum absolute atomic E-state index is 14.1. The van der Waals surface area contributed by atoms with Crippen LogP contribution in [0.5, 0.6) is 0 Å². The normalized spacial score (nSPS) is 17.4. The van der Waals surface area contributed by atoms with Crippen molar-refractivity contribution in [1.82, 2.24) is 9.88 Å². The Morgan fingerprint density at radius 1 is 1.00 bits per heavy atom. The molecule has 6 nitrogen and oxygen atoms in total. The van der Waals surface area contributed by atoms with Gasteiger partial charge in [-0.05, 0) is 72.5 Å². The second kappa shape index (κ2) is 9.16. The standard InChI is InChI=1S/C29H25ClFN3O3/c1-17(2)19-6-11-23(12-7-19)34-26(35)25-15-20-14-21(30)8-13-24(20)33(25)28(37)29(34,3)27(36)32-16-18-4-9-22(31)10-5-18/h4-15,17H,16H2,1-3H3,(H,32,36)/t29-/m1/s1. The molecular formula is C29H25ClFN3O3. The van der Waals surface area contributed by atoms with Gasteiger partial charge >= 0.3 is 0 Å². The number of halogens is 2. The largest absolute Gasteiger partial charge is 0.350 e. The van der Waals surface area contributed by atoms with E-state index in [4.69, 9.17) is 11.6 Å². The molecular weight excluding hydrogens is 493 g/mol. The summed E-state index contributed by atoms with van der Waals surface area (Å²) in [6.07, 6.45) is 0. The molecule has 1 aromatic heterocycles. The molecule has 0 aliphatic carbocycles. The molecule has 4 aromatic rings. The molecule has 0 saturated heterocycles. The molecule has 0 unspecified atom stereocenters. The van der Waals surface area contributed by atoms with Crippen LogP contribution in [0.4, 0.5) is 10.1 Å². The molecule has 1 N–H and O–H groups in total. The molecule has 5 rings (SSSR count). The highest BCUT2D eigenvalue weighted by Crippen LogP contribution is 2.37. The van der Waals surface area contributed by atoms with Gasteiger partial charge < -0.3 is 5.32 Å². The molecule has 188 valence electrons. The minimum atomic E-state index is -1.89. The van der Waals surface area contributed by atoms with Crippen molar-refractivity contribution in [3.63, 3.8) is 0 Å². The Bertz CT molecular complexity index is 1540. The molecule has 2 heterocycles. The van der Waals surface area contributed by atoms with E-state index in [0.29, 0.717) is 27.2 Å². The van der Waals surface area contributed by atoms with Crippen LogP contribution in [-0.2, 0) is 11.3 Å². The van der Waals surface area contributed by atoms with E-state index >= 15 is 0 Å². The average Bonchev–Trinajstić information content (AvgIpc) is 3.26. The van der Waals surface area contributed by atoms with Crippen molar-refractivity contribution in [1.29, 1.82) is 0 Å². The highest BCUT2D eigenvalue weighted by atomic mass is 35.5. The molecule has 0 fully saturated rings. The molecule has 1 atom stereocenters. The number of carbonyl (C=O) groups excluding carboxylic acids is 3. The van der Waals surface area contributed by atoms with Crippen LogP contribution in [-0.4, -0.2) is 27.8 Å². The van der Waals surface area contributed by atoms with Gasteiger partial charge in [0.25, 0.3) is 17.7 Å². The molecule has 8 heteroatoms. The second-order valence-electron chi connectivity index (χ2n) is 9.64. The van der Waals surface area contributed by atoms with Gasteiger partial charge in [-0.2, -0.15) is 0 Å². The Morgan fingerprint density at radius 3 is 2.32 bits per heavy atom. The van der Waals surface area contributed by atoms with E-state index in [1.165, 1.54) is 28.5 Å². The SMILES string of the molecule is CC(C)c1ccc(N2C(=O)c3cc4cc(Cl)ccc4n3C(=O)[C@@]2(C)C(=O)NCc2ccc(F)cc2)cc1. The Hall–Kier alpha value is -3.97. The lowest BCUT2D eigenvalue weighted by molar-refractivity contribution is -0.124. The summed E-state index contributed by atoms with van der Waals surface area (Å²) in [5.74, 6) is -1.82. The number of aromatic nitrogens is 1. The average molecular weight is 518 g/mol. The monoisotopic (exact) mass is 517 g/mol. The number of carbonyl (C=O) groups is 3. The smallest absolute Gasteiger partial charge is 0.276 e. The fourth-order valence-corrected chi connectivity index (χ4v) is 4.91. The van der Waals surface area contributed by atoms with Crippen molar-refractivity contribution in [3.8, 4) is 0 Å². The van der Waals surface area contributed by atoms with E-state index < -0.39 is 29.1 Å². The quantitative estimate of drug-likeness (QED) is 0.333. The summed E-state index contributed by atoms with van der Waals surface area (Å²) in [5.41, 5.74) is 0.892. The van der Waals surface area contributed by atoms with Gasteiger partial charge in [0.15, 0.2) is 0 Å². The molecule has 0 spiro atoms. The number of nitrogens with zero attached hydrogens (tertiary/aromatic N) is 2. The minimum Gasteiger partial charge on any atom is -0.350 e. The van der Waals surface area contributed by atoms with Crippen LogP contribution in [0, 0.1) is 5.82 Å². The van der Waals surface area contributed by atoms with Crippen LogP contribution >= 0.6 is 11.6 Å². The summed E-state index contributed by atoms with van der Waals surface area (Å²) in [6.45, 7) is 5.63. The maximum Gasteiger partial charge on any atom is 0.276 e. The van der Waals surface area contributed by atoms with Crippen molar-refractivity contribution in [3.05, 3.63) is 100 Å². The van der Waals surface area contributed by atoms with Gasteiger partial charge in [-0.15, -0.1) is 0 Å². The Labute approximate surface area is 218 Å². The number of benzene rings is 3. The van der Waals surface area contributed by atoms with E-state index in [-0.39, 0.29) is 18.2 Å². The van der Waals surface area contributed by atoms with Crippen molar-refractivity contribution in [2.45, 2.75) is 38.8 Å². The molecule has 1 aliphatic rings. The van der Waals surface area contributed by atoms with E-state index in [0.717, 1.165) is 5.56 Å². The van der Waals surface area contributed by atoms with E-state index in [2.05, 4.69) is 19.2 Å². The van der Waals surface area contributed by atoms with Gasteiger partial charge in [0.05, 0.1) is 5.52 Å². The molecule has 0 bridgehead atoms. The number of amides is 2. The third kappa shape index (κ3) is 4.09. The molecule has 2 amide bonds. The summed E-state index contributed by atoms with van der Waals surface area (Å²) < 4.78 is 14.6. The lowest BCUT2D eigenvalue weighted by Gasteiger charge is -2.42. The van der Waals surface area contributed by atoms with Crippen LogP contribution in [0.25, 0.3) is 10.9 Å². The van der Waals surface area contributed by atoms with Crippen molar-refractivity contribution < 1.29 is 18.8 Å². The lowest BCUT2D eigenvalue weighted by atomic mass is 9.92. The second-order valence-corrected chi connectivity index (χ2v) is 10.1. The molecule has 3 aromatic carbocycles. The van der Waals surface area contributed by atoms with Crippen molar-refractivity contribution in [2.75, 3.05) is 4.90 Å². The first-order valence-electron chi connectivity index (χ1n) is 11.9. The topological polar surface area (TPSA) is 71.4 Å². The van der Waals surface area contributed by atoms with E-state index in [9.17, 15) is 18.8 Å². The first kappa shape index (κ1) is 24.7. The molecule has 0 saturated carbocycles. The van der Waals surface area contributed by atoms with Crippen LogP contribution in [0.2, 0.25) is 5.02 Å². The zero-order chi connectivity index (χ0) is 26.5. The molecule has 1 aliphatic heterocycles. The predicted molar refractivity (Wildman–Crippen MR) is 142 cm³/mol. The van der Waals surface area contributed by atoms with Crippen LogP contribution in [0.1, 0.15) is 53.1 Å². The van der Waals surface area contributed by atoms with Gasteiger partial charge in [-0.3, -0.25) is 23.9 Å². The van der Waals surface area contributed by atoms with E-state index in [1.54, 1.807) is 48.5 Å². The minimum absolute atomic E-state index is 0.0607.